The zero-order valence-corrected chi connectivity index (χ0v) is 12.2. The van der Waals surface area contributed by atoms with Crippen molar-refractivity contribution in [2.24, 2.45) is 0 Å². The lowest BCUT2D eigenvalue weighted by Gasteiger charge is -2.07. The highest BCUT2D eigenvalue weighted by atomic mass is 35.7. The van der Waals surface area contributed by atoms with Crippen LogP contribution < -0.4 is 0 Å². The van der Waals surface area contributed by atoms with Gasteiger partial charge in [0, 0.05) is 23.1 Å². The van der Waals surface area contributed by atoms with E-state index in [1.807, 2.05) is 0 Å². The van der Waals surface area contributed by atoms with E-state index in [2.05, 4.69) is 10.2 Å². The van der Waals surface area contributed by atoms with Crippen LogP contribution in [0.3, 0.4) is 0 Å². The summed E-state index contributed by atoms with van der Waals surface area (Å²) in [6.45, 7) is 0. The average Bonchev–Trinajstić information content (AvgIpc) is 3.14. The van der Waals surface area contributed by atoms with Crippen molar-refractivity contribution < 1.29 is 17.2 Å². The van der Waals surface area contributed by atoms with Crippen molar-refractivity contribution in [1.29, 1.82) is 0 Å². The maximum atomic E-state index is 13.2. The fourth-order valence-electron chi connectivity index (χ4n) is 2.13. The number of nitrogens with zero attached hydrogens (tertiary/aromatic N) is 3. The van der Waals surface area contributed by atoms with Crippen LogP contribution in [0.5, 0.6) is 0 Å². The highest BCUT2D eigenvalue weighted by Gasteiger charge is 2.33. The number of rotatable bonds is 4. The molecule has 0 bridgehead atoms. The lowest BCUT2D eigenvalue weighted by Crippen LogP contribution is -2.08. The van der Waals surface area contributed by atoms with Crippen LogP contribution in [-0.4, -0.2) is 23.2 Å². The van der Waals surface area contributed by atoms with E-state index >= 15 is 0 Å². The molecule has 112 valence electrons. The summed E-state index contributed by atoms with van der Waals surface area (Å²) < 4.78 is 50.6. The van der Waals surface area contributed by atoms with Crippen molar-refractivity contribution in [1.82, 2.24) is 14.8 Å². The molecule has 9 heteroatoms. The average molecular weight is 334 g/mol. The first-order chi connectivity index (χ1) is 9.86. The molecule has 0 aliphatic heterocycles. The molecule has 0 saturated heterocycles. The zero-order valence-electron chi connectivity index (χ0n) is 10.6. The van der Waals surface area contributed by atoms with Crippen LogP contribution in [0.2, 0.25) is 0 Å². The summed E-state index contributed by atoms with van der Waals surface area (Å²) in [5.74, 6) is -1.54. The number of aromatic nitrogens is 3. The molecule has 21 heavy (non-hydrogen) atoms. The second-order valence-corrected chi connectivity index (χ2v) is 7.32. The Hall–Kier alpha value is -1.54. The summed E-state index contributed by atoms with van der Waals surface area (Å²) in [7, 11) is 1.34. The monoisotopic (exact) mass is 333 g/mol. The van der Waals surface area contributed by atoms with Crippen LogP contribution in [0.25, 0.3) is 0 Å². The van der Waals surface area contributed by atoms with Gasteiger partial charge < -0.3 is 0 Å². The molecule has 1 saturated carbocycles. The van der Waals surface area contributed by atoms with E-state index in [1.54, 1.807) is 0 Å². The summed E-state index contributed by atoms with van der Waals surface area (Å²) in [4.78, 5) is 0. The van der Waals surface area contributed by atoms with E-state index in [-0.39, 0.29) is 17.6 Å². The third-order valence-corrected chi connectivity index (χ3v) is 4.34. The standard InChI is InChI=1S/C12H10ClF2N3O2S/c13-21(19,20)12-17-16-11(18(12)8-2-3-8)6-7-1-4-9(14)10(15)5-7/h1,4-5,8H,2-3,6H2. The Morgan fingerprint density at radius 1 is 1.24 bits per heavy atom. The summed E-state index contributed by atoms with van der Waals surface area (Å²) in [6.07, 6.45) is 1.76. The topological polar surface area (TPSA) is 64.8 Å². The fourth-order valence-corrected chi connectivity index (χ4v) is 3.07. The van der Waals surface area contributed by atoms with Crippen molar-refractivity contribution in [3.05, 3.63) is 41.2 Å². The largest absolute Gasteiger partial charge is 0.297 e. The van der Waals surface area contributed by atoms with Crippen molar-refractivity contribution in [2.75, 3.05) is 0 Å². The van der Waals surface area contributed by atoms with E-state index in [0.29, 0.717) is 11.4 Å². The van der Waals surface area contributed by atoms with Crippen LogP contribution in [-0.2, 0) is 15.5 Å². The number of benzene rings is 1. The fraction of sp³-hybridized carbons (Fsp3) is 0.333. The van der Waals surface area contributed by atoms with E-state index in [9.17, 15) is 17.2 Å². The number of hydrogen-bond acceptors (Lipinski definition) is 4. The van der Waals surface area contributed by atoms with Gasteiger partial charge in [0.15, 0.2) is 11.6 Å². The first-order valence-electron chi connectivity index (χ1n) is 6.18. The lowest BCUT2D eigenvalue weighted by molar-refractivity contribution is 0.507. The molecule has 0 amide bonds. The smallest absolute Gasteiger partial charge is 0.296 e. The van der Waals surface area contributed by atoms with Gasteiger partial charge in [-0.3, -0.25) is 4.57 Å². The summed E-state index contributed by atoms with van der Waals surface area (Å²) >= 11 is 0. The quantitative estimate of drug-likeness (QED) is 0.806. The van der Waals surface area contributed by atoms with Gasteiger partial charge in [0.05, 0.1) is 0 Å². The zero-order chi connectivity index (χ0) is 15.2. The maximum absolute atomic E-state index is 13.2. The van der Waals surface area contributed by atoms with Gasteiger partial charge in [-0.25, -0.2) is 17.2 Å². The minimum Gasteiger partial charge on any atom is -0.297 e. The molecule has 0 spiro atoms. The second-order valence-electron chi connectivity index (χ2n) is 4.86. The first-order valence-corrected chi connectivity index (χ1v) is 8.49. The Balaban J connectivity index is 1.99. The Morgan fingerprint density at radius 2 is 1.95 bits per heavy atom. The summed E-state index contributed by atoms with van der Waals surface area (Å²) in [5, 5.41) is 7.13. The van der Waals surface area contributed by atoms with Gasteiger partial charge in [-0.2, -0.15) is 0 Å². The van der Waals surface area contributed by atoms with Crippen molar-refractivity contribution in [3.8, 4) is 0 Å². The molecule has 0 radical (unpaired) electrons. The van der Waals surface area contributed by atoms with Gasteiger partial charge in [0.25, 0.3) is 14.2 Å². The molecule has 1 aromatic carbocycles. The Bertz CT molecular complexity index is 803. The van der Waals surface area contributed by atoms with Crippen LogP contribution in [0.1, 0.15) is 30.3 Å². The highest BCUT2D eigenvalue weighted by molar-refractivity contribution is 8.13. The Morgan fingerprint density at radius 3 is 2.52 bits per heavy atom. The third kappa shape index (κ3) is 2.91. The van der Waals surface area contributed by atoms with Crippen molar-refractivity contribution >= 4 is 19.7 Å². The SMILES string of the molecule is O=S(=O)(Cl)c1nnc(Cc2ccc(F)c(F)c2)n1C1CC1. The van der Waals surface area contributed by atoms with Crippen LogP contribution >= 0.6 is 10.7 Å². The van der Waals surface area contributed by atoms with Crippen molar-refractivity contribution in [3.63, 3.8) is 0 Å². The molecule has 1 fully saturated rings. The van der Waals surface area contributed by atoms with E-state index in [4.69, 9.17) is 10.7 Å². The second kappa shape index (κ2) is 5.03. The predicted molar refractivity (Wildman–Crippen MR) is 70.5 cm³/mol. The minimum atomic E-state index is -4.00. The van der Waals surface area contributed by atoms with Crippen LogP contribution in [0.15, 0.2) is 23.4 Å². The molecular weight excluding hydrogens is 324 g/mol. The van der Waals surface area contributed by atoms with Gasteiger partial charge in [-0.15, -0.1) is 10.2 Å². The minimum absolute atomic E-state index is 0.0104. The third-order valence-electron chi connectivity index (χ3n) is 3.21. The summed E-state index contributed by atoms with van der Waals surface area (Å²) in [6, 6.07) is 3.47. The van der Waals surface area contributed by atoms with Gasteiger partial charge in [0.2, 0.25) is 0 Å². The van der Waals surface area contributed by atoms with Gasteiger partial charge in [-0.05, 0) is 30.5 Å². The molecule has 1 aromatic heterocycles. The van der Waals surface area contributed by atoms with Gasteiger partial charge in [0.1, 0.15) is 5.82 Å². The van der Waals surface area contributed by atoms with E-state index in [1.165, 1.54) is 10.6 Å². The van der Waals surface area contributed by atoms with E-state index < -0.39 is 20.7 Å². The Labute approximate surface area is 124 Å². The summed E-state index contributed by atoms with van der Waals surface area (Å²) in [5.41, 5.74) is 0.474. The molecular formula is C12H10ClF2N3O2S. The molecule has 0 unspecified atom stereocenters. The predicted octanol–water partition coefficient (Wildman–Crippen LogP) is 2.41. The first kappa shape index (κ1) is 14.4. The van der Waals surface area contributed by atoms with Crippen LogP contribution in [0, 0.1) is 11.6 Å². The number of halogens is 3. The molecule has 0 atom stereocenters. The molecule has 5 nitrogen and oxygen atoms in total. The molecule has 1 aliphatic rings. The normalized spacial score (nSPS) is 15.4. The Kier molecular flexibility index (Phi) is 3.45. The molecule has 0 N–H and O–H groups in total. The van der Waals surface area contributed by atoms with E-state index in [0.717, 1.165) is 25.0 Å². The highest BCUT2D eigenvalue weighted by Crippen LogP contribution is 2.38. The van der Waals surface area contributed by atoms with Crippen molar-refractivity contribution in [2.45, 2.75) is 30.5 Å². The molecule has 1 aliphatic carbocycles. The molecule has 3 rings (SSSR count). The maximum Gasteiger partial charge on any atom is 0.296 e. The lowest BCUT2D eigenvalue weighted by atomic mass is 10.1. The molecule has 1 heterocycles. The number of hydrogen-bond donors (Lipinski definition) is 0. The van der Waals surface area contributed by atoms with Gasteiger partial charge >= 0.3 is 0 Å². The van der Waals surface area contributed by atoms with Crippen LogP contribution in [0.4, 0.5) is 8.78 Å². The molecule has 2 aromatic rings. The van der Waals surface area contributed by atoms with Gasteiger partial charge in [-0.1, -0.05) is 6.07 Å².